The smallest absolute Gasteiger partial charge is 0.0636 e. The zero-order chi connectivity index (χ0) is 8.55. The van der Waals surface area contributed by atoms with Gasteiger partial charge in [0.15, 0.2) is 0 Å². The van der Waals surface area contributed by atoms with Gasteiger partial charge in [-0.3, -0.25) is 0 Å². The first-order valence-electron chi connectivity index (χ1n) is 5.17. The first-order valence-corrected chi connectivity index (χ1v) is 5.17. The molecule has 2 aliphatic carbocycles. The van der Waals surface area contributed by atoms with Crippen molar-refractivity contribution in [3.63, 3.8) is 0 Å². The summed E-state index contributed by atoms with van der Waals surface area (Å²) >= 11 is 0. The summed E-state index contributed by atoms with van der Waals surface area (Å²) in [6.07, 6.45) is 5.48. The highest BCUT2D eigenvalue weighted by atomic mass is 16.3. The SMILES string of the molecule is C[C@H](O)CN[C@@H]1C[C@@H]2CC[C@@H]1C2. The molecular weight excluding hydrogens is 150 g/mol. The van der Waals surface area contributed by atoms with E-state index in [9.17, 15) is 0 Å². The molecule has 0 aromatic rings. The third-order valence-corrected chi connectivity index (χ3v) is 3.41. The summed E-state index contributed by atoms with van der Waals surface area (Å²) < 4.78 is 0. The van der Waals surface area contributed by atoms with Crippen LogP contribution in [0.1, 0.15) is 32.6 Å². The van der Waals surface area contributed by atoms with Crippen molar-refractivity contribution < 1.29 is 5.11 Å². The Morgan fingerprint density at radius 3 is 2.75 bits per heavy atom. The second kappa shape index (κ2) is 3.35. The van der Waals surface area contributed by atoms with Crippen LogP contribution in [0.2, 0.25) is 0 Å². The Kier molecular flexibility index (Phi) is 2.37. The lowest BCUT2D eigenvalue weighted by molar-refractivity contribution is 0.179. The van der Waals surface area contributed by atoms with Gasteiger partial charge in [-0.15, -0.1) is 0 Å². The monoisotopic (exact) mass is 169 g/mol. The average Bonchev–Trinajstić information content (AvgIpc) is 2.60. The lowest BCUT2D eigenvalue weighted by Gasteiger charge is -2.23. The Hall–Kier alpha value is -0.0800. The van der Waals surface area contributed by atoms with Crippen molar-refractivity contribution in [1.82, 2.24) is 5.32 Å². The molecule has 2 N–H and O–H groups in total. The molecule has 2 saturated carbocycles. The van der Waals surface area contributed by atoms with Crippen molar-refractivity contribution in [2.45, 2.75) is 44.8 Å². The molecule has 0 spiro atoms. The van der Waals surface area contributed by atoms with Crippen LogP contribution in [0.25, 0.3) is 0 Å². The van der Waals surface area contributed by atoms with Crippen LogP contribution >= 0.6 is 0 Å². The molecular formula is C10H19NO. The summed E-state index contributed by atoms with van der Waals surface area (Å²) in [4.78, 5) is 0. The van der Waals surface area contributed by atoms with E-state index < -0.39 is 0 Å². The highest BCUT2D eigenvalue weighted by Crippen LogP contribution is 2.44. The van der Waals surface area contributed by atoms with Gasteiger partial charge < -0.3 is 10.4 Å². The van der Waals surface area contributed by atoms with E-state index in [2.05, 4.69) is 5.32 Å². The largest absolute Gasteiger partial charge is 0.392 e. The molecule has 0 heterocycles. The molecule has 2 aliphatic rings. The van der Waals surface area contributed by atoms with Crippen LogP contribution in [0.3, 0.4) is 0 Å². The summed E-state index contributed by atoms with van der Waals surface area (Å²) in [5, 5.41) is 12.6. The van der Waals surface area contributed by atoms with Crippen LogP contribution < -0.4 is 5.32 Å². The minimum absolute atomic E-state index is 0.191. The number of aliphatic hydroxyl groups is 1. The average molecular weight is 169 g/mol. The third-order valence-electron chi connectivity index (χ3n) is 3.41. The second-order valence-corrected chi connectivity index (χ2v) is 4.54. The predicted octanol–water partition coefficient (Wildman–Crippen LogP) is 1.15. The van der Waals surface area contributed by atoms with Gasteiger partial charge in [-0.25, -0.2) is 0 Å². The zero-order valence-electron chi connectivity index (χ0n) is 7.79. The minimum Gasteiger partial charge on any atom is -0.392 e. The molecule has 0 unspecified atom stereocenters. The number of hydrogen-bond acceptors (Lipinski definition) is 2. The summed E-state index contributed by atoms with van der Waals surface area (Å²) in [5.41, 5.74) is 0. The van der Waals surface area contributed by atoms with Gasteiger partial charge in [-0.2, -0.15) is 0 Å². The Morgan fingerprint density at radius 1 is 1.42 bits per heavy atom. The van der Waals surface area contributed by atoms with E-state index in [-0.39, 0.29) is 6.10 Å². The highest BCUT2D eigenvalue weighted by molar-refractivity contribution is 4.94. The zero-order valence-corrected chi connectivity index (χ0v) is 7.79. The Balaban J connectivity index is 1.76. The van der Waals surface area contributed by atoms with E-state index in [0.717, 1.165) is 24.4 Å². The van der Waals surface area contributed by atoms with Crippen LogP contribution in [-0.4, -0.2) is 23.8 Å². The maximum absolute atomic E-state index is 9.12. The van der Waals surface area contributed by atoms with Crippen LogP contribution in [0.4, 0.5) is 0 Å². The van der Waals surface area contributed by atoms with Gasteiger partial charge in [0.25, 0.3) is 0 Å². The molecule has 70 valence electrons. The van der Waals surface area contributed by atoms with Gasteiger partial charge in [0, 0.05) is 12.6 Å². The molecule has 4 atom stereocenters. The van der Waals surface area contributed by atoms with E-state index in [1.54, 1.807) is 0 Å². The minimum atomic E-state index is -0.191. The molecule has 0 aromatic heterocycles. The standard InChI is InChI=1S/C10H19NO/c1-7(12)6-11-10-5-8-2-3-9(10)4-8/h7-12H,2-6H2,1H3/t7-,8+,9+,10+/m0/s1. The molecule has 0 radical (unpaired) electrons. The van der Waals surface area contributed by atoms with Crippen LogP contribution in [-0.2, 0) is 0 Å². The fourth-order valence-electron chi connectivity index (χ4n) is 2.82. The second-order valence-electron chi connectivity index (χ2n) is 4.54. The molecule has 2 bridgehead atoms. The summed E-state index contributed by atoms with van der Waals surface area (Å²) in [6, 6.07) is 0.721. The maximum atomic E-state index is 9.12. The fraction of sp³-hybridized carbons (Fsp3) is 1.00. The van der Waals surface area contributed by atoms with Crippen molar-refractivity contribution in [1.29, 1.82) is 0 Å². The molecule has 0 aromatic carbocycles. The molecule has 0 amide bonds. The van der Waals surface area contributed by atoms with Gasteiger partial charge in [-0.05, 0) is 38.0 Å². The molecule has 0 saturated heterocycles. The first kappa shape index (κ1) is 8.52. The lowest BCUT2D eigenvalue weighted by atomic mass is 9.95. The summed E-state index contributed by atoms with van der Waals surface area (Å²) in [6.45, 7) is 2.62. The van der Waals surface area contributed by atoms with E-state index in [0.29, 0.717) is 0 Å². The fourth-order valence-corrected chi connectivity index (χ4v) is 2.82. The molecule has 2 heteroatoms. The van der Waals surface area contributed by atoms with Crippen LogP contribution in [0.15, 0.2) is 0 Å². The normalized spacial score (nSPS) is 42.0. The number of fused-ring (bicyclic) bond motifs is 2. The van der Waals surface area contributed by atoms with Crippen LogP contribution in [0, 0.1) is 11.8 Å². The Morgan fingerprint density at radius 2 is 2.25 bits per heavy atom. The number of hydrogen-bond donors (Lipinski definition) is 2. The van der Waals surface area contributed by atoms with Crippen molar-refractivity contribution >= 4 is 0 Å². The van der Waals surface area contributed by atoms with E-state index in [1.165, 1.54) is 25.7 Å². The molecule has 2 rings (SSSR count). The lowest BCUT2D eigenvalue weighted by Crippen LogP contribution is -2.38. The Bertz CT molecular complexity index is 158. The molecule has 0 aliphatic heterocycles. The highest BCUT2D eigenvalue weighted by Gasteiger charge is 2.38. The van der Waals surface area contributed by atoms with E-state index in [1.807, 2.05) is 6.92 Å². The van der Waals surface area contributed by atoms with Gasteiger partial charge in [-0.1, -0.05) is 6.42 Å². The number of rotatable bonds is 3. The molecule has 12 heavy (non-hydrogen) atoms. The van der Waals surface area contributed by atoms with Crippen LogP contribution in [0.5, 0.6) is 0 Å². The van der Waals surface area contributed by atoms with Crippen molar-refractivity contribution in [3.8, 4) is 0 Å². The first-order chi connectivity index (χ1) is 5.75. The van der Waals surface area contributed by atoms with Crippen molar-refractivity contribution in [3.05, 3.63) is 0 Å². The third kappa shape index (κ3) is 1.64. The summed E-state index contributed by atoms with van der Waals surface area (Å²) in [7, 11) is 0. The topological polar surface area (TPSA) is 32.3 Å². The Labute approximate surface area is 74.4 Å². The quantitative estimate of drug-likeness (QED) is 0.664. The number of nitrogens with one attached hydrogen (secondary N) is 1. The van der Waals surface area contributed by atoms with Crippen molar-refractivity contribution in [2.75, 3.05) is 6.54 Å². The predicted molar refractivity (Wildman–Crippen MR) is 48.9 cm³/mol. The van der Waals surface area contributed by atoms with Gasteiger partial charge in [0.1, 0.15) is 0 Å². The molecule has 2 nitrogen and oxygen atoms in total. The van der Waals surface area contributed by atoms with Gasteiger partial charge >= 0.3 is 0 Å². The van der Waals surface area contributed by atoms with E-state index in [4.69, 9.17) is 5.11 Å². The molecule has 2 fully saturated rings. The summed E-state index contributed by atoms with van der Waals surface area (Å²) in [5.74, 6) is 1.93. The van der Waals surface area contributed by atoms with E-state index >= 15 is 0 Å². The van der Waals surface area contributed by atoms with Gasteiger partial charge in [0.05, 0.1) is 6.10 Å². The maximum Gasteiger partial charge on any atom is 0.0636 e. The number of aliphatic hydroxyl groups excluding tert-OH is 1. The van der Waals surface area contributed by atoms with Crippen molar-refractivity contribution in [2.24, 2.45) is 11.8 Å². The van der Waals surface area contributed by atoms with Gasteiger partial charge in [0.2, 0.25) is 0 Å².